The summed E-state index contributed by atoms with van der Waals surface area (Å²) in [6, 6.07) is 5.95. The zero-order chi connectivity index (χ0) is 11.5. The Hall–Kier alpha value is -0.730. The molecule has 0 heterocycles. The Morgan fingerprint density at radius 3 is 2.75 bits per heavy atom. The number of hydrogen-bond acceptors (Lipinski definition) is 2. The van der Waals surface area contributed by atoms with Crippen molar-refractivity contribution in [1.82, 2.24) is 0 Å². The van der Waals surface area contributed by atoms with Crippen molar-refractivity contribution in [2.24, 2.45) is 11.7 Å². The number of nitrogens with two attached hydrogens (primary N) is 1. The lowest BCUT2D eigenvalue weighted by atomic mass is 9.85. The van der Waals surface area contributed by atoms with Gasteiger partial charge in [0.25, 0.3) is 0 Å². The largest absolute Gasteiger partial charge is 0.374 e. The first kappa shape index (κ1) is 11.7. The van der Waals surface area contributed by atoms with Crippen molar-refractivity contribution in [2.45, 2.75) is 25.8 Å². The fourth-order valence-corrected chi connectivity index (χ4v) is 2.39. The SMILES string of the molecule is CN(CC1CCC1)c1cc(Cl)ccc1CN. The predicted molar refractivity (Wildman–Crippen MR) is 70.0 cm³/mol. The van der Waals surface area contributed by atoms with Crippen molar-refractivity contribution < 1.29 is 0 Å². The van der Waals surface area contributed by atoms with Crippen LogP contribution < -0.4 is 10.6 Å². The lowest BCUT2D eigenvalue weighted by Crippen LogP contribution is -2.30. The van der Waals surface area contributed by atoms with Crippen molar-refractivity contribution in [3.05, 3.63) is 28.8 Å². The third kappa shape index (κ3) is 2.50. The van der Waals surface area contributed by atoms with E-state index in [1.165, 1.54) is 30.5 Å². The molecule has 0 aliphatic heterocycles. The van der Waals surface area contributed by atoms with Crippen LogP contribution in [0.15, 0.2) is 18.2 Å². The Labute approximate surface area is 102 Å². The van der Waals surface area contributed by atoms with E-state index >= 15 is 0 Å². The van der Waals surface area contributed by atoms with Crippen molar-refractivity contribution in [1.29, 1.82) is 0 Å². The van der Waals surface area contributed by atoms with Crippen LogP contribution in [0, 0.1) is 5.92 Å². The normalized spacial score (nSPS) is 15.9. The van der Waals surface area contributed by atoms with Crippen LogP contribution >= 0.6 is 11.6 Å². The maximum atomic E-state index is 6.03. The average molecular weight is 239 g/mol. The summed E-state index contributed by atoms with van der Waals surface area (Å²) in [6.45, 7) is 1.69. The lowest BCUT2D eigenvalue weighted by molar-refractivity contribution is 0.321. The Morgan fingerprint density at radius 2 is 2.19 bits per heavy atom. The molecule has 0 unspecified atom stereocenters. The first-order chi connectivity index (χ1) is 7.70. The second-order valence-electron chi connectivity index (χ2n) is 4.65. The van der Waals surface area contributed by atoms with E-state index in [2.05, 4.69) is 11.9 Å². The Morgan fingerprint density at radius 1 is 1.44 bits per heavy atom. The molecule has 0 bridgehead atoms. The van der Waals surface area contributed by atoms with E-state index in [0.29, 0.717) is 6.54 Å². The molecular formula is C13H19ClN2. The average Bonchev–Trinajstić information content (AvgIpc) is 2.23. The molecule has 1 fully saturated rings. The zero-order valence-corrected chi connectivity index (χ0v) is 10.5. The summed E-state index contributed by atoms with van der Waals surface area (Å²) >= 11 is 6.03. The highest BCUT2D eigenvalue weighted by molar-refractivity contribution is 6.30. The van der Waals surface area contributed by atoms with E-state index in [9.17, 15) is 0 Å². The van der Waals surface area contributed by atoms with Gasteiger partial charge in [0.1, 0.15) is 0 Å². The summed E-state index contributed by atoms with van der Waals surface area (Å²) in [5.41, 5.74) is 8.10. The molecule has 0 amide bonds. The quantitative estimate of drug-likeness (QED) is 0.874. The number of benzene rings is 1. The third-order valence-electron chi connectivity index (χ3n) is 3.44. The molecule has 1 aliphatic carbocycles. The Kier molecular flexibility index (Phi) is 3.72. The first-order valence-corrected chi connectivity index (χ1v) is 6.28. The summed E-state index contributed by atoms with van der Waals surface area (Å²) in [6.07, 6.45) is 4.11. The van der Waals surface area contributed by atoms with Gasteiger partial charge in [-0.15, -0.1) is 0 Å². The molecule has 1 aromatic carbocycles. The summed E-state index contributed by atoms with van der Waals surface area (Å²) in [5.74, 6) is 0.856. The molecule has 0 atom stereocenters. The van der Waals surface area contributed by atoms with Gasteiger partial charge in [0, 0.05) is 30.8 Å². The second kappa shape index (κ2) is 5.07. The van der Waals surface area contributed by atoms with Gasteiger partial charge in [-0.1, -0.05) is 24.1 Å². The van der Waals surface area contributed by atoms with Crippen LogP contribution in [-0.4, -0.2) is 13.6 Å². The van der Waals surface area contributed by atoms with Gasteiger partial charge in [0.05, 0.1) is 0 Å². The minimum Gasteiger partial charge on any atom is -0.374 e. The van der Waals surface area contributed by atoms with E-state index in [4.69, 9.17) is 17.3 Å². The smallest absolute Gasteiger partial charge is 0.0426 e. The maximum absolute atomic E-state index is 6.03. The maximum Gasteiger partial charge on any atom is 0.0426 e. The van der Waals surface area contributed by atoms with Crippen LogP contribution in [-0.2, 0) is 6.54 Å². The Balaban J connectivity index is 2.13. The van der Waals surface area contributed by atoms with Crippen molar-refractivity contribution in [2.75, 3.05) is 18.5 Å². The highest BCUT2D eigenvalue weighted by atomic mass is 35.5. The number of halogens is 1. The molecule has 2 nitrogen and oxygen atoms in total. The van der Waals surface area contributed by atoms with Gasteiger partial charge in [0.2, 0.25) is 0 Å². The first-order valence-electron chi connectivity index (χ1n) is 5.90. The van der Waals surface area contributed by atoms with E-state index in [1.807, 2.05) is 18.2 Å². The van der Waals surface area contributed by atoms with Crippen LogP contribution in [0.1, 0.15) is 24.8 Å². The Bertz CT molecular complexity index is 361. The molecule has 1 saturated carbocycles. The number of anilines is 1. The van der Waals surface area contributed by atoms with Gasteiger partial charge in [-0.25, -0.2) is 0 Å². The molecule has 16 heavy (non-hydrogen) atoms. The van der Waals surface area contributed by atoms with Gasteiger partial charge >= 0.3 is 0 Å². The van der Waals surface area contributed by atoms with Gasteiger partial charge in [-0.2, -0.15) is 0 Å². The van der Waals surface area contributed by atoms with Gasteiger partial charge in [-0.3, -0.25) is 0 Å². The molecule has 3 heteroatoms. The molecule has 2 N–H and O–H groups in total. The topological polar surface area (TPSA) is 29.3 Å². The predicted octanol–water partition coefficient (Wildman–Crippen LogP) is 3.04. The fourth-order valence-electron chi connectivity index (χ4n) is 2.23. The zero-order valence-electron chi connectivity index (χ0n) is 9.75. The van der Waals surface area contributed by atoms with Gasteiger partial charge < -0.3 is 10.6 Å². The summed E-state index contributed by atoms with van der Waals surface area (Å²) in [7, 11) is 2.13. The summed E-state index contributed by atoms with van der Waals surface area (Å²) in [5, 5.41) is 0.785. The van der Waals surface area contributed by atoms with Crippen LogP contribution in [0.4, 0.5) is 5.69 Å². The van der Waals surface area contributed by atoms with E-state index in [1.54, 1.807) is 0 Å². The van der Waals surface area contributed by atoms with Crippen LogP contribution in [0.3, 0.4) is 0 Å². The van der Waals surface area contributed by atoms with Crippen molar-refractivity contribution in [3.63, 3.8) is 0 Å². The van der Waals surface area contributed by atoms with E-state index in [0.717, 1.165) is 17.5 Å². The summed E-state index contributed by atoms with van der Waals surface area (Å²) < 4.78 is 0. The molecule has 2 rings (SSSR count). The molecule has 0 aromatic heterocycles. The highest BCUT2D eigenvalue weighted by Crippen LogP contribution is 2.30. The number of hydrogen-bond donors (Lipinski definition) is 1. The molecule has 1 aliphatic rings. The number of nitrogens with zero attached hydrogens (tertiary/aromatic N) is 1. The van der Waals surface area contributed by atoms with E-state index < -0.39 is 0 Å². The van der Waals surface area contributed by atoms with E-state index in [-0.39, 0.29) is 0 Å². The molecule has 0 saturated heterocycles. The van der Waals surface area contributed by atoms with Crippen molar-refractivity contribution in [3.8, 4) is 0 Å². The molecule has 0 spiro atoms. The second-order valence-corrected chi connectivity index (χ2v) is 5.09. The number of rotatable bonds is 4. The summed E-state index contributed by atoms with van der Waals surface area (Å²) in [4.78, 5) is 2.29. The molecule has 0 radical (unpaired) electrons. The molecule has 1 aromatic rings. The van der Waals surface area contributed by atoms with Gasteiger partial charge in [-0.05, 0) is 36.5 Å². The minimum atomic E-state index is 0.571. The monoisotopic (exact) mass is 238 g/mol. The third-order valence-corrected chi connectivity index (χ3v) is 3.67. The molecule has 88 valence electrons. The highest BCUT2D eigenvalue weighted by Gasteiger charge is 2.20. The van der Waals surface area contributed by atoms with Crippen LogP contribution in [0.5, 0.6) is 0 Å². The van der Waals surface area contributed by atoms with Crippen LogP contribution in [0.25, 0.3) is 0 Å². The molecular weight excluding hydrogens is 220 g/mol. The minimum absolute atomic E-state index is 0.571. The van der Waals surface area contributed by atoms with Crippen molar-refractivity contribution >= 4 is 17.3 Å². The van der Waals surface area contributed by atoms with Crippen LogP contribution in [0.2, 0.25) is 5.02 Å². The van der Waals surface area contributed by atoms with Gasteiger partial charge in [0.15, 0.2) is 0 Å². The lowest BCUT2D eigenvalue weighted by Gasteiger charge is -2.32. The standard InChI is InChI=1S/C13H19ClN2/c1-16(9-10-3-2-4-10)13-7-12(14)6-5-11(13)8-15/h5-7,10H,2-4,8-9,15H2,1H3. The fraction of sp³-hybridized carbons (Fsp3) is 0.538.